The summed E-state index contributed by atoms with van der Waals surface area (Å²) in [5.74, 6) is 2.49. The van der Waals surface area contributed by atoms with Crippen molar-refractivity contribution in [1.82, 2.24) is 15.5 Å². The lowest BCUT2D eigenvalue weighted by atomic mass is 9.86. The molecule has 2 aromatic rings. The van der Waals surface area contributed by atoms with Crippen LogP contribution in [0.1, 0.15) is 75.2 Å². The third-order valence-electron chi connectivity index (χ3n) is 7.12. The number of nitrogens with one attached hydrogen (secondary N) is 1. The molecule has 1 unspecified atom stereocenters. The molecule has 1 aromatic carbocycles. The largest absolute Gasteiger partial charge is 0.494 e. The van der Waals surface area contributed by atoms with E-state index < -0.39 is 0 Å². The lowest BCUT2D eigenvalue weighted by molar-refractivity contribution is 0.0921. The van der Waals surface area contributed by atoms with Gasteiger partial charge in [0.2, 0.25) is 5.89 Å². The highest BCUT2D eigenvalue weighted by Crippen LogP contribution is 2.29. The van der Waals surface area contributed by atoms with Crippen LogP contribution >= 0.6 is 0 Å². The molecule has 2 atom stereocenters. The van der Waals surface area contributed by atoms with Crippen LogP contribution in [0.3, 0.4) is 0 Å². The van der Waals surface area contributed by atoms with Gasteiger partial charge in [0.15, 0.2) is 0 Å². The number of amides is 1. The van der Waals surface area contributed by atoms with E-state index in [1.807, 2.05) is 39.8 Å². The third-order valence-corrected chi connectivity index (χ3v) is 7.12. The van der Waals surface area contributed by atoms with E-state index in [1.54, 1.807) is 13.0 Å². The lowest BCUT2D eigenvalue weighted by Gasteiger charge is -2.31. The summed E-state index contributed by atoms with van der Waals surface area (Å²) < 4.78 is 11.4. The number of nitrogens with two attached hydrogens (primary N) is 1. The van der Waals surface area contributed by atoms with E-state index in [0.29, 0.717) is 29.9 Å². The van der Waals surface area contributed by atoms with Crippen molar-refractivity contribution in [3.8, 4) is 5.75 Å². The van der Waals surface area contributed by atoms with E-state index in [1.165, 1.54) is 0 Å². The zero-order chi connectivity index (χ0) is 25.6. The molecule has 1 aliphatic rings. The zero-order valence-electron chi connectivity index (χ0n) is 21.7. The number of anilines is 1. The molecule has 9 heteroatoms. The summed E-state index contributed by atoms with van der Waals surface area (Å²) in [6.07, 6.45) is 4.28. The van der Waals surface area contributed by atoms with Gasteiger partial charge in [-0.1, -0.05) is 0 Å². The van der Waals surface area contributed by atoms with Crippen LogP contribution in [-0.4, -0.2) is 59.5 Å². The smallest absolute Gasteiger partial charge is 0.266 e. The number of carbonyl (C=O) groups excluding carboxylic acids is 1. The Balaban J connectivity index is 1.39. The SMILES string of the molecule is Cc1cc(OCCCC2CCN(c3noc(C(C)(C)C(C)N)n3)CC2)ccc1C(=O)N[C@H](C)CO. The van der Waals surface area contributed by atoms with E-state index in [4.69, 9.17) is 20.1 Å². The van der Waals surface area contributed by atoms with Gasteiger partial charge in [0.1, 0.15) is 5.75 Å². The fourth-order valence-electron chi connectivity index (χ4n) is 4.11. The maximum Gasteiger partial charge on any atom is 0.266 e. The van der Waals surface area contributed by atoms with Gasteiger partial charge in [-0.05, 0) is 95.1 Å². The number of carbonyl (C=O) groups is 1. The minimum atomic E-state index is -0.354. The summed E-state index contributed by atoms with van der Waals surface area (Å²) in [5, 5.41) is 16.1. The van der Waals surface area contributed by atoms with Gasteiger partial charge in [-0.25, -0.2) is 0 Å². The van der Waals surface area contributed by atoms with Crippen LogP contribution in [0, 0.1) is 12.8 Å². The van der Waals surface area contributed by atoms with Gasteiger partial charge >= 0.3 is 0 Å². The monoisotopic (exact) mass is 487 g/mol. The second-order valence-electron chi connectivity index (χ2n) is 10.4. The molecule has 1 fully saturated rings. The number of hydrogen-bond donors (Lipinski definition) is 3. The molecule has 194 valence electrons. The number of rotatable bonds is 11. The Morgan fingerprint density at radius 2 is 2.06 bits per heavy atom. The number of ether oxygens (including phenoxy) is 1. The van der Waals surface area contributed by atoms with Crippen molar-refractivity contribution in [2.75, 3.05) is 31.2 Å². The Morgan fingerprint density at radius 1 is 1.34 bits per heavy atom. The molecule has 1 saturated heterocycles. The molecule has 4 N–H and O–H groups in total. The summed E-state index contributed by atoms with van der Waals surface area (Å²) >= 11 is 0. The molecule has 1 aromatic heterocycles. The van der Waals surface area contributed by atoms with E-state index in [-0.39, 0.29) is 30.0 Å². The molecular formula is C26H41N5O4. The standard InChI is InChI=1S/C26H41N5O4/c1-17-15-21(8-9-22(17)23(33)28-18(2)16-32)34-14-6-7-20-10-12-31(13-11-20)25-29-24(35-30-25)26(4,5)19(3)27/h8-9,15,18-20,32H,6-7,10-14,16,27H2,1-5H3,(H,28,33)/t18-,19?/m1/s1. The first kappa shape index (κ1) is 26.9. The molecule has 1 aliphatic heterocycles. The van der Waals surface area contributed by atoms with Gasteiger partial charge < -0.3 is 30.3 Å². The topological polar surface area (TPSA) is 127 Å². The summed E-state index contributed by atoms with van der Waals surface area (Å²) in [5.41, 5.74) is 7.17. The van der Waals surface area contributed by atoms with Crippen LogP contribution in [0.5, 0.6) is 5.75 Å². The summed E-state index contributed by atoms with van der Waals surface area (Å²) in [7, 11) is 0. The maximum atomic E-state index is 12.3. The number of hydrogen-bond acceptors (Lipinski definition) is 8. The van der Waals surface area contributed by atoms with E-state index in [2.05, 4.69) is 20.4 Å². The van der Waals surface area contributed by atoms with Gasteiger partial charge in [-0.2, -0.15) is 4.98 Å². The second kappa shape index (κ2) is 11.9. The summed E-state index contributed by atoms with van der Waals surface area (Å²) in [6, 6.07) is 5.14. The Morgan fingerprint density at radius 3 is 2.69 bits per heavy atom. The van der Waals surface area contributed by atoms with Crippen molar-refractivity contribution >= 4 is 11.9 Å². The number of aliphatic hydroxyl groups is 1. The van der Waals surface area contributed by atoms with Gasteiger partial charge in [-0.3, -0.25) is 4.79 Å². The van der Waals surface area contributed by atoms with Crippen LogP contribution in [-0.2, 0) is 5.41 Å². The predicted octanol–water partition coefficient (Wildman–Crippen LogP) is 3.19. The highest BCUT2D eigenvalue weighted by molar-refractivity contribution is 5.95. The summed E-state index contributed by atoms with van der Waals surface area (Å²) in [4.78, 5) is 19.1. The Hall–Kier alpha value is -2.65. The lowest BCUT2D eigenvalue weighted by Crippen LogP contribution is -2.38. The molecule has 9 nitrogen and oxygen atoms in total. The molecule has 2 heterocycles. The van der Waals surface area contributed by atoms with Gasteiger partial charge in [-0.15, -0.1) is 0 Å². The molecule has 0 radical (unpaired) electrons. The Kier molecular flexibility index (Phi) is 9.13. The fourth-order valence-corrected chi connectivity index (χ4v) is 4.11. The highest BCUT2D eigenvalue weighted by Gasteiger charge is 2.33. The average Bonchev–Trinajstić information content (AvgIpc) is 3.33. The molecule has 1 amide bonds. The number of benzene rings is 1. The molecule has 0 bridgehead atoms. The van der Waals surface area contributed by atoms with Crippen LogP contribution in [0.2, 0.25) is 0 Å². The first-order chi connectivity index (χ1) is 16.6. The minimum absolute atomic E-state index is 0.0780. The van der Waals surface area contributed by atoms with Crippen molar-refractivity contribution < 1.29 is 19.2 Å². The average molecular weight is 488 g/mol. The number of piperidine rings is 1. The molecule has 35 heavy (non-hydrogen) atoms. The van der Waals surface area contributed by atoms with Gasteiger partial charge in [0.25, 0.3) is 11.9 Å². The third kappa shape index (κ3) is 6.95. The number of aliphatic hydroxyl groups excluding tert-OH is 1. The van der Waals surface area contributed by atoms with Crippen molar-refractivity contribution in [3.05, 3.63) is 35.2 Å². The van der Waals surface area contributed by atoms with Crippen molar-refractivity contribution in [2.45, 2.75) is 77.8 Å². The molecular weight excluding hydrogens is 446 g/mol. The van der Waals surface area contributed by atoms with Crippen molar-refractivity contribution in [2.24, 2.45) is 11.7 Å². The number of nitrogens with zero attached hydrogens (tertiary/aromatic N) is 3. The van der Waals surface area contributed by atoms with Crippen molar-refractivity contribution in [1.29, 1.82) is 0 Å². The van der Waals surface area contributed by atoms with Crippen LogP contribution in [0.25, 0.3) is 0 Å². The van der Waals surface area contributed by atoms with Crippen LogP contribution in [0.4, 0.5) is 5.95 Å². The van der Waals surface area contributed by atoms with E-state index >= 15 is 0 Å². The minimum Gasteiger partial charge on any atom is -0.494 e. The molecule has 0 saturated carbocycles. The normalized spacial score (nSPS) is 16.7. The van der Waals surface area contributed by atoms with Gasteiger partial charge in [0, 0.05) is 30.7 Å². The molecule has 3 rings (SSSR count). The number of aryl methyl sites for hydroxylation is 1. The predicted molar refractivity (Wildman–Crippen MR) is 136 cm³/mol. The van der Waals surface area contributed by atoms with E-state index in [0.717, 1.165) is 50.1 Å². The van der Waals surface area contributed by atoms with Crippen LogP contribution in [0.15, 0.2) is 22.7 Å². The molecule has 0 spiro atoms. The second-order valence-corrected chi connectivity index (χ2v) is 10.4. The van der Waals surface area contributed by atoms with Gasteiger partial charge in [0.05, 0.1) is 18.6 Å². The van der Waals surface area contributed by atoms with Crippen molar-refractivity contribution in [3.63, 3.8) is 0 Å². The quantitative estimate of drug-likeness (QED) is 0.413. The Labute approximate surface area is 208 Å². The van der Waals surface area contributed by atoms with E-state index in [9.17, 15) is 4.79 Å². The van der Waals surface area contributed by atoms with Crippen LogP contribution < -0.4 is 20.7 Å². The molecule has 0 aliphatic carbocycles. The number of aromatic nitrogens is 2. The first-order valence-corrected chi connectivity index (χ1v) is 12.6. The summed E-state index contributed by atoms with van der Waals surface area (Å²) in [6.45, 7) is 12.0. The highest BCUT2D eigenvalue weighted by atomic mass is 16.5. The zero-order valence-corrected chi connectivity index (χ0v) is 21.7. The fraction of sp³-hybridized carbons (Fsp3) is 0.654. The maximum absolute atomic E-state index is 12.3. The Bertz CT molecular complexity index is 966. The first-order valence-electron chi connectivity index (χ1n) is 12.6.